The molecule has 3 nitrogen and oxygen atoms in total. The molecule has 2 aromatic rings. The fourth-order valence-electron chi connectivity index (χ4n) is 2.84. The zero-order valence-electron chi connectivity index (χ0n) is 13.7. The number of aromatic nitrogens is 1. The van der Waals surface area contributed by atoms with E-state index in [1.54, 1.807) is 29.3 Å². The number of hydrogen-bond acceptors (Lipinski definition) is 3. The standard InChI is InChI=1S/C18H18ClF3N2O/c1-12-2-3-16(15(19)8-12)25-11-13-4-6-23-17(9-13)24-7-5-14(10-24)18(20,21)22/h2-4,6,8-9,14H,5,7,10-11H2,1H3. The Bertz CT molecular complexity index is 751. The van der Waals surface area contributed by atoms with Crippen LogP contribution in [-0.2, 0) is 6.61 Å². The Balaban J connectivity index is 1.66. The number of rotatable bonds is 4. The topological polar surface area (TPSA) is 25.4 Å². The molecule has 1 unspecified atom stereocenters. The summed E-state index contributed by atoms with van der Waals surface area (Å²) in [5.41, 5.74) is 1.87. The van der Waals surface area contributed by atoms with Gasteiger partial charge in [0.1, 0.15) is 18.2 Å². The van der Waals surface area contributed by atoms with Crippen LogP contribution in [-0.4, -0.2) is 24.2 Å². The lowest BCUT2D eigenvalue weighted by Gasteiger charge is -2.19. The number of aryl methyl sites for hydroxylation is 1. The second-order valence-corrected chi connectivity index (χ2v) is 6.63. The summed E-state index contributed by atoms with van der Waals surface area (Å²) in [6, 6.07) is 9.06. The Hall–Kier alpha value is -1.95. The van der Waals surface area contributed by atoms with Gasteiger partial charge in [0.2, 0.25) is 0 Å². The minimum absolute atomic E-state index is 0.0510. The van der Waals surface area contributed by atoms with Crippen molar-refractivity contribution in [1.29, 1.82) is 0 Å². The maximum absolute atomic E-state index is 12.8. The molecule has 1 aromatic carbocycles. The van der Waals surface area contributed by atoms with Crippen molar-refractivity contribution in [3.8, 4) is 5.75 Å². The summed E-state index contributed by atoms with van der Waals surface area (Å²) in [5, 5.41) is 0.529. The second-order valence-electron chi connectivity index (χ2n) is 6.22. The molecule has 1 atom stereocenters. The third-order valence-electron chi connectivity index (χ3n) is 4.27. The highest BCUT2D eigenvalue weighted by molar-refractivity contribution is 6.32. The normalized spacial score (nSPS) is 17.8. The van der Waals surface area contributed by atoms with Crippen LogP contribution in [0.2, 0.25) is 5.02 Å². The molecule has 3 rings (SSSR count). The Morgan fingerprint density at radius 1 is 1.28 bits per heavy atom. The summed E-state index contributed by atoms with van der Waals surface area (Å²) in [4.78, 5) is 5.87. The third-order valence-corrected chi connectivity index (χ3v) is 4.56. The van der Waals surface area contributed by atoms with Gasteiger partial charge in [-0.1, -0.05) is 17.7 Å². The van der Waals surface area contributed by atoms with Gasteiger partial charge in [0.05, 0.1) is 10.9 Å². The van der Waals surface area contributed by atoms with Gasteiger partial charge in [0.15, 0.2) is 0 Å². The number of pyridine rings is 1. The number of hydrogen-bond donors (Lipinski definition) is 0. The van der Waals surface area contributed by atoms with E-state index in [-0.39, 0.29) is 19.6 Å². The monoisotopic (exact) mass is 370 g/mol. The van der Waals surface area contributed by atoms with E-state index >= 15 is 0 Å². The molecule has 0 bridgehead atoms. The van der Waals surface area contributed by atoms with Gasteiger partial charge in [-0.15, -0.1) is 0 Å². The van der Waals surface area contributed by atoms with Crippen LogP contribution in [0.15, 0.2) is 36.5 Å². The van der Waals surface area contributed by atoms with Crippen LogP contribution >= 0.6 is 11.6 Å². The van der Waals surface area contributed by atoms with Crippen molar-refractivity contribution < 1.29 is 17.9 Å². The lowest BCUT2D eigenvalue weighted by Crippen LogP contribution is -2.27. The third kappa shape index (κ3) is 4.37. The predicted octanol–water partition coefficient (Wildman–Crippen LogP) is 5.01. The summed E-state index contributed by atoms with van der Waals surface area (Å²) in [7, 11) is 0. The zero-order chi connectivity index (χ0) is 18.0. The molecule has 2 heterocycles. The number of ether oxygens (including phenoxy) is 1. The molecule has 134 valence electrons. The summed E-state index contributed by atoms with van der Waals surface area (Å²) in [6.07, 6.45) is -2.46. The summed E-state index contributed by atoms with van der Waals surface area (Å²) in [5.74, 6) is -0.174. The van der Waals surface area contributed by atoms with Gasteiger partial charge in [0, 0.05) is 19.3 Å². The van der Waals surface area contributed by atoms with Crippen molar-refractivity contribution in [3.05, 3.63) is 52.7 Å². The van der Waals surface area contributed by atoms with Crippen molar-refractivity contribution in [1.82, 2.24) is 4.98 Å². The molecule has 0 spiro atoms. The highest BCUT2D eigenvalue weighted by atomic mass is 35.5. The molecular formula is C18H18ClF3N2O. The summed E-state index contributed by atoms with van der Waals surface area (Å²) < 4.78 is 44.2. The molecule has 1 saturated heterocycles. The SMILES string of the molecule is Cc1ccc(OCc2ccnc(N3CCC(C(F)(F)F)C3)c2)c(Cl)c1. The number of benzene rings is 1. The first-order chi connectivity index (χ1) is 11.8. The van der Waals surface area contributed by atoms with Gasteiger partial charge >= 0.3 is 6.18 Å². The van der Waals surface area contributed by atoms with Crippen LogP contribution < -0.4 is 9.64 Å². The van der Waals surface area contributed by atoms with E-state index in [4.69, 9.17) is 16.3 Å². The van der Waals surface area contributed by atoms with Crippen molar-refractivity contribution in [2.75, 3.05) is 18.0 Å². The maximum atomic E-state index is 12.8. The Morgan fingerprint density at radius 2 is 2.08 bits per heavy atom. The average Bonchev–Trinajstić information content (AvgIpc) is 3.05. The van der Waals surface area contributed by atoms with Gasteiger partial charge in [-0.25, -0.2) is 4.98 Å². The first kappa shape index (κ1) is 17.9. The van der Waals surface area contributed by atoms with Crippen LogP contribution in [0.3, 0.4) is 0 Å². The highest BCUT2D eigenvalue weighted by Gasteiger charge is 2.43. The van der Waals surface area contributed by atoms with Crippen LogP contribution in [0.5, 0.6) is 5.75 Å². The second kappa shape index (κ2) is 7.12. The van der Waals surface area contributed by atoms with Crippen LogP contribution in [0.1, 0.15) is 17.5 Å². The van der Waals surface area contributed by atoms with E-state index < -0.39 is 12.1 Å². The van der Waals surface area contributed by atoms with Gasteiger partial charge in [-0.05, 0) is 48.7 Å². The van der Waals surface area contributed by atoms with Gasteiger partial charge in [-0.2, -0.15) is 13.2 Å². The van der Waals surface area contributed by atoms with Gasteiger partial charge in [-0.3, -0.25) is 0 Å². The number of halogens is 4. The maximum Gasteiger partial charge on any atom is 0.393 e. The molecular weight excluding hydrogens is 353 g/mol. The number of alkyl halides is 3. The lowest BCUT2D eigenvalue weighted by molar-refractivity contribution is -0.168. The first-order valence-corrected chi connectivity index (χ1v) is 8.36. The molecule has 1 aromatic heterocycles. The molecule has 0 amide bonds. The number of anilines is 1. The van der Waals surface area contributed by atoms with Crippen molar-refractivity contribution in [2.45, 2.75) is 26.1 Å². The minimum atomic E-state index is -4.16. The van der Waals surface area contributed by atoms with E-state index in [1.165, 1.54) is 0 Å². The van der Waals surface area contributed by atoms with Crippen LogP contribution in [0.4, 0.5) is 19.0 Å². The molecule has 0 aliphatic carbocycles. The number of nitrogens with zero attached hydrogens (tertiary/aromatic N) is 2. The Morgan fingerprint density at radius 3 is 2.76 bits per heavy atom. The Labute approximate surface area is 149 Å². The average molecular weight is 371 g/mol. The quantitative estimate of drug-likeness (QED) is 0.756. The fourth-order valence-corrected chi connectivity index (χ4v) is 3.13. The van der Waals surface area contributed by atoms with Crippen LogP contribution in [0.25, 0.3) is 0 Å². The Kier molecular flexibility index (Phi) is 5.08. The molecule has 0 N–H and O–H groups in total. The first-order valence-electron chi connectivity index (χ1n) is 7.98. The summed E-state index contributed by atoms with van der Waals surface area (Å²) in [6.45, 7) is 2.51. The van der Waals surface area contributed by atoms with E-state index in [2.05, 4.69) is 4.98 Å². The lowest BCUT2D eigenvalue weighted by atomic mass is 10.1. The molecule has 1 aliphatic heterocycles. The predicted molar refractivity (Wildman–Crippen MR) is 91.1 cm³/mol. The molecule has 1 aliphatic rings. The van der Waals surface area contributed by atoms with Crippen molar-refractivity contribution >= 4 is 17.4 Å². The van der Waals surface area contributed by atoms with E-state index in [1.807, 2.05) is 19.1 Å². The summed E-state index contributed by atoms with van der Waals surface area (Å²) >= 11 is 6.14. The van der Waals surface area contributed by atoms with E-state index in [0.717, 1.165) is 11.1 Å². The molecule has 25 heavy (non-hydrogen) atoms. The van der Waals surface area contributed by atoms with E-state index in [0.29, 0.717) is 23.1 Å². The molecule has 7 heteroatoms. The molecule has 0 radical (unpaired) electrons. The van der Waals surface area contributed by atoms with Crippen LogP contribution in [0, 0.1) is 12.8 Å². The van der Waals surface area contributed by atoms with Gasteiger partial charge < -0.3 is 9.64 Å². The molecule has 1 fully saturated rings. The smallest absolute Gasteiger partial charge is 0.393 e. The fraction of sp³-hybridized carbons (Fsp3) is 0.389. The van der Waals surface area contributed by atoms with Crippen molar-refractivity contribution in [2.24, 2.45) is 5.92 Å². The largest absolute Gasteiger partial charge is 0.487 e. The van der Waals surface area contributed by atoms with Gasteiger partial charge in [0.25, 0.3) is 0 Å². The molecule has 0 saturated carbocycles. The zero-order valence-corrected chi connectivity index (χ0v) is 14.4. The highest BCUT2D eigenvalue weighted by Crippen LogP contribution is 2.35. The minimum Gasteiger partial charge on any atom is -0.487 e. The van der Waals surface area contributed by atoms with Crippen molar-refractivity contribution in [3.63, 3.8) is 0 Å². The van der Waals surface area contributed by atoms with E-state index in [9.17, 15) is 13.2 Å².